The van der Waals surface area contributed by atoms with E-state index in [1.54, 1.807) is 12.1 Å². The molecule has 2 aromatic carbocycles. The lowest BCUT2D eigenvalue weighted by atomic mass is 9.84. The minimum absolute atomic E-state index is 0.154. The molecular weight excluding hydrogens is 289 g/mol. The molecule has 116 valence electrons. The molecular formula is C18H17F3O. The molecule has 1 aliphatic carbocycles. The van der Waals surface area contributed by atoms with E-state index < -0.39 is 11.7 Å². The molecule has 4 heteroatoms. The summed E-state index contributed by atoms with van der Waals surface area (Å²) >= 11 is 0. The van der Waals surface area contributed by atoms with E-state index in [9.17, 15) is 13.2 Å². The molecule has 0 saturated carbocycles. The first kappa shape index (κ1) is 14.9. The summed E-state index contributed by atoms with van der Waals surface area (Å²) in [7, 11) is 0. The molecule has 0 fully saturated rings. The average Bonchev–Trinajstić information content (AvgIpc) is 2.47. The van der Waals surface area contributed by atoms with Crippen molar-refractivity contribution in [1.29, 1.82) is 0 Å². The second-order valence-electron chi connectivity index (χ2n) is 5.75. The van der Waals surface area contributed by atoms with E-state index in [1.807, 2.05) is 12.1 Å². The third-order valence-electron chi connectivity index (χ3n) is 4.15. The van der Waals surface area contributed by atoms with Gasteiger partial charge >= 0.3 is 6.18 Å². The van der Waals surface area contributed by atoms with Crippen LogP contribution in [-0.4, -0.2) is 0 Å². The maximum absolute atomic E-state index is 13.0. The zero-order valence-electron chi connectivity index (χ0n) is 12.3. The molecule has 0 spiro atoms. The summed E-state index contributed by atoms with van der Waals surface area (Å²) in [6.45, 7) is 2.18. The molecule has 0 saturated heterocycles. The Morgan fingerprint density at radius 3 is 2.64 bits per heavy atom. The maximum Gasteiger partial charge on any atom is 0.419 e. The number of benzene rings is 2. The molecule has 3 rings (SSSR count). The van der Waals surface area contributed by atoms with E-state index in [2.05, 4.69) is 6.92 Å². The minimum Gasteiger partial charge on any atom is -0.457 e. The van der Waals surface area contributed by atoms with Crippen molar-refractivity contribution in [3.05, 3.63) is 59.2 Å². The van der Waals surface area contributed by atoms with Crippen LogP contribution in [0.15, 0.2) is 42.5 Å². The van der Waals surface area contributed by atoms with Gasteiger partial charge in [-0.15, -0.1) is 0 Å². The molecule has 1 aliphatic rings. The number of para-hydroxylation sites is 1. The highest BCUT2D eigenvalue weighted by molar-refractivity contribution is 5.43. The molecule has 1 unspecified atom stereocenters. The van der Waals surface area contributed by atoms with Gasteiger partial charge in [-0.2, -0.15) is 13.2 Å². The van der Waals surface area contributed by atoms with Gasteiger partial charge in [0.25, 0.3) is 0 Å². The number of hydrogen-bond acceptors (Lipinski definition) is 1. The van der Waals surface area contributed by atoms with Crippen molar-refractivity contribution in [1.82, 2.24) is 0 Å². The van der Waals surface area contributed by atoms with Crippen LogP contribution in [0.5, 0.6) is 11.5 Å². The van der Waals surface area contributed by atoms with Crippen LogP contribution >= 0.6 is 0 Å². The van der Waals surface area contributed by atoms with Crippen molar-refractivity contribution in [2.45, 2.75) is 38.3 Å². The summed E-state index contributed by atoms with van der Waals surface area (Å²) in [5.74, 6) is 0.809. The summed E-state index contributed by atoms with van der Waals surface area (Å²) < 4.78 is 44.5. The smallest absolute Gasteiger partial charge is 0.419 e. The fourth-order valence-electron chi connectivity index (χ4n) is 3.01. The molecule has 0 amide bonds. The first-order valence-electron chi connectivity index (χ1n) is 7.42. The lowest BCUT2D eigenvalue weighted by molar-refractivity contribution is -0.138. The number of aryl methyl sites for hydroxylation is 1. The SMILES string of the molecule is CC1CCCc2cc(Oc3ccccc3C(F)(F)F)ccc21. The van der Waals surface area contributed by atoms with E-state index in [1.165, 1.54) is 23.3 Å². The second-order valence-corrected chi connectivity index (χ2v) is 5.75. The zero-order valence-corrected chi connectivity index (χ0v) is 12.3. The minimum atomic E-state index is -4.42. The van der Waals surface area contributed by atoms with Crippen molar-refractivity contribution < 1.29 is 17.9 Å². The average molecular weight is 306 g/mol. The largest absolute Gasteiger partial charge is 0.457 e. The Labute approximate surface area is 127 Å². The van der Waals surface area contributed by atoms with Gasteiger partial charge in [0.05, 0.1) is 5.56 Å². The second kappa shape index (κ2) is 5.67. The van der Waals surface area contributed by atoms with E-state index in [0.29, 0.717) is 11.7 Å². The fourth-order valence-corrected chi connectivity index (χ4v) is 3.01. The van der Waals surface area contributed by atoms with Gasteiger partial charge in [0.1, 0.15) is 11.5 Å². The number of fused-ring (bicyclic) bond motifs is 1. The zero-order chi connectivity index (χ0) is 15.7. The first-order valence-corrected chi connectivity index (χ1v) is 7.42. The number of alkyl halides is 3. The van der Waals surface area contributed by atoms with Crippen molar-refractivity contribution in [3.8, 4) is 11.5 Å². The highest BCUT2D eigenvalue weighted by Gasteiger charge is 2.34. The molecule has 0 N–H and O–H groups in total. The molecule has 0 aromatic heterocycles. The van der Waals surface area contributed by atoms with Gasteiger partial charge in [-0.1, -0.05) is 25.1 Å². The van der Waals surface area contributed by atoms with Gasteiger partial charge in [0.2, 0.25) is 0 Å². The molecule has 0 bridgehead atoms. The van der Waals surface area contributed by atoms with Crippen LogP contribution in [-0.2, 0) is 12.6 Å². The standard InChI is InChI=1S/C18H17F3O/c1-12-5-4-6-13-11-14(9-10-15(12)13)22-17-8-3-2-7-16(17)18(19,20)21/h2-3,7-12H,4-6H2,1H3. The van der Waals surface area contributed by atoms with Crippen LogP contribution < -0.4 is 4.74 Å². The van der Waals surface area contributed by atoms with Gasteiger partial charge in [-0.05, 0) is 60.6 Å². The van der Waals surface area contributed by atoms with Gasteiger partial charge in [0, 0.05) is 0 Å². The van der Waals surface area contributed by atoms with Gasteiger partial charge in [-0.3, -0.25) is 0 Å². The van der Waals surface area contributed by atoms with Crippen LogP contribution in [0.1, 0.15) is 42.4 Å². The van der Waals surface area contributed by atoms with Gasteiger partial charge in [-0.25, -0.2) is 0 Å². The van der Waals surface area contributed by atoms with E-state index in [4.69, 9.17) is 4.74 Å². The highest BCUT2D eigenvalue weighted by Crippen LogP contribution is 2.39. The molecule has 0 aliphatic heterocycles. The van der Waals surface area contributed by atoms with Gasteiger partial charge < -0.3 is 4.74 Å². The van der Waals surface area contributed by atoms with Crippen LogP contribution in [0.3, 0.4) is 0 Å². The van der Waals surface area contributed by atoms with Crippen LogP contribution in [0.2, 0.25) is 0 Å². The molecule has 22 heavy (non-hydrogen) atoms. The Hall–Kier alpha value is -1.97. The summed E-state index contributed by atoms with van der Waals surface area (Å²) in [5.41, 5.74) is 1.71. The van der Waals surface area contributed by atoms with Crippen LogP contribution in [0.25, 0.3) is 0 Å². The highest BCUT2D eigenvalue weighted by atomic mass is 19.4. The number of hydrogen-bond donors (Lipinski definition) is 0. The Bertz CT molecular complexity index is 676. The normalized spacial score (nSPS) is 17.9. The van der Waals surface area contributed by atoms with Crippen molar-refractivity contribution in [2.24, 2.45) is 0 Å². The lowest BCUT2D eigenvalue weighted by Gasteiger charge is -2.23. The van der Waals surface area contributed by atoms with Crippen molar-refractivity contribution in [3.63, 3.8) is 0 Å². The number of rotatable bonds is 2. The Morgan fingerprint density at radius 1 is 1.09 bits per heavy atom. The molecule has 0 radical (unpaired) electrons. The van der Waals surface area contributed by atoms with Crippen molar-refractivity contribution >= 4 is 0 Å². The first-order chi connectivity index (χ1) is 10.4. The molecule has 0 heterocycles. The lowest BCUT2D eigenvalue weighted by Crippen LogP contribution is -2.08. The van der Waals surface area contributed by atoms with E-state index in [-0.39, 0.29) is 5.75 Å². The summed E-state index contributed by atoms with van der Waals surface area (Å²) in [6, 6.07) is 10.9. The number of halogens is 3. The Kier molecular flexibility index (Phi) is 3.85. The fraction of sp³-hybridized carbons (Fsp3) is 0.333. The molecule has 2 aromatic rings. The Balaban J connectivity index is 1.92. The van der Waals surface area contributed by atoms with Gasteiger partial charge in [0.15, 0.2) is 0 Å². The summed E-state index contributed by atoms with van der Waals surface area (Å²) in [5, 5.41) is 0. The molecule has 1 atom stereocenters. The maximum atomic E-state index is 13.0. The quantitative estimate of drug-likeness (QED) is 0.667. The predicted molar refractivity (Wildman–Crippen MR) is 79.3 cm³/mol. The summed E-state index contributed by atoms with van der Waals surface area (Å²) in [6.07, 6.45) is -1.20. The van der Waals surface area contributed by atoms with Crippen LogP contribution in [0, 0.1) is 0 Å². The van der Waals surface area contributed by atoms with Crippen molar-refractivity contribution in [2.75, 3.05) is 0 Å². The third-order valence-corrected chi connectivity index (χ3v) is 4.15. The van der Waals surface area contributed by atoms with E-state index in [0.717, 1.165) is 25.3 Å². The van der Waals surface area contributed by atoms with E-state index >= 15 is 0 Å². The monoisotopic (exact) mass is 306 g/mol. The predicted octanol–water partition coefficient (Wildman–Crippen LogP) is 5.94. The topological polar surface area (TPSA) is 9.23 Å². The molecule has 1 nitrogen and oxygen atoms in total. The van der Waals surface area contributed by atoms with Crippen LogP contribution in [0.4, 0.5) is 13.2 Å². The summed E-state index contributed by atoms with van der Waals surface area (Å²) in [4.78, 5) is 0. The Morgan fingerprint density at radius 2 is 1.86 bits per heavy atom. The number of ether oxygens (including phenoxy) is 1. The third kappa shape index (κ3) is 2.96.